The molecule has 0 amide bonds. The Balaban J connectivity index is 2.83. The average molecular weight is 159 g/mol. The summed E-state index contributed by atoms with van der Waals surface area (Å²) in [6.07, 6.45) is 1.89. The molecule has 0 spiro atoms. The summed E-state index contributed by atoms with van der Waals surface area (Å²) in [5.41, 5.74) is 0. The largest absolute Gasteiger partial charge is 0.312 e. The number of hydrogen-bond donors (Lipinski definition) is 1. The van der Waals surface area contributed by atoms with Gasteiger partial charge in [0.25, 0.3) is 0 Å². The summed E-state index contributed by atoms with van der Waals surface area (Å²) in [6.45, 7) is 10.1. The van der Waals surface area contributed by atoms with Gasteiger partial charge in [-0.25, -0.2) is 0 Å². The van der Waals surface area contributed by atoms with E-state index in [1.165, 1.54) is 5.75 Å². The van der Waals surface area contributed by atoms with E-state index in [1.807, 2.05) is 17.8 Å². The summed E-state index contributed by atoms with van der Waals surface area (Å²) in [7, 11) is 0. The molecule has 0 aliphatic rings. The standard InChI is InChI=1S/C8H17NS/c1-4-5-9-6-7-10-8(2)3/h4,8-9H,1,5-7H2,2-3H3. The van der Waals surface area contributed by atoms with Gasteiger partial charge in [0.1, 0.15) is 0 Å². The molecular formula is C8H17NS. The zero-order valence-electron chi connectivity index (χ0n) is 6.89. The van der Waals surface area contributed by atoms with Crippen LogP contribution in [0.3, 0.4) is 0 Å². The SMILES string of the molecule is C=CCNCCSC(C)C. The van der Waals surface area contributed by atoms with Crippen LogP contribution in [0.1, 0.15) is 13.8 Å². The minimum absolute atomic E-state index is 0.755. The quantitative estimate of drug-likeness (QED) is 0.469. The Kier molecular flexibility index (Phi) is 7.20. The molecule has 0 radical (unpaired) electrons. The molecule has 0 atom stereocenters. The van der Waals surface area contributed by atoms with Crippen molar-refractivity contribution < 1.29 is 0 Å². The van der Waals surface area contributed by atoms with Crippen molar-refractivity contribution in [1.29, 1.82) is 0 Å². The average Bonchev–Trinajstić information content (AvgIpc) is 1.87. The molecule has 0 saturated heterocycles. The van der Waals surface area contributed by atoms with Gasteiger partial charge in [0.2, 0.25) is 0 Å². The van der Waals surface area contributed by atoms with E-state index in [0.29, 0.717) is 0 Å². The fourth-order valence-corrected chi connectivity index (χ4v) is 1.30. The van der Waals surface area contributed by atoms with Crippen LogP contribution in [0.4, 0.5) is 0 Å². The van der Waals surface area contributed by atoms with Crippen molar-refractivity contribution in [3.63, 3.8) is 0 Å². The van der Waals surface area contributed by atoms with Gasteiger partial charge < -0.3 is 5.32 Å². The van der Waals surface area contributed by atoms with Crippen LogP contribution < -0.4 is 5.32 Å². The van der Waals surface area contributed by atoms with Crippen LogP contribution >= 0.6 is 11.8 Å². The van der Waals surface area contributed by atoms with Crippen LogP contribution in [-0.2, 0) is 0 Å². The van der Waals surface area contributed by atoms with E-state index in [4.69, 9.17) is 0 Å². The molecular weight excluding hydrogens is 142 g/mol. The number of rotatable bonds is 6. The summed E-state index contributed by atoms with van der Waals surface area (Å²) in [5.74, 6) is 1.20. The van der Waals surface area contributed by atoms with Crippen molar-refractivity contribution in [3.05, 3.63) is 12.7 Å². The molecule has 0 rings (SSSR count). The van der Waals surface area contributed by atoms with Gasteiger partial charge in [0.15, 0.2) is 0 Å². The van der Waals surface area contributed by atoms with Gasteiger partial charge in [-0.05, 0) is 5.25 Å². The predicted octanol–water partition coefficient (Wildman–Crippen LogP) is 1.90. The molecule has 0 fully saturated rings. The van der Waals surface area contributed by atoms with Crippen molar-refractivity contribution in [3.8, 4) is 0 Å². The molecule has 0 aromatic rings. The highest BCUT2D eigenvalue weighted by molar-refractivity contribution is 7.99. The summed E-state index contributed by atoms with van der Waals surface area (Å²) in [5, 5.41) is 4.01. The Morgan fingerprint density at radius 3 is 2.80 bits per heavy atom. The molecule has 1 nitrogen and oxygen atoms in total. The monoisotopic (exact) mass is 159 g/mol. The lowest BCUT2D eigenvalue weighted by Gasteiger charge is -2.03. The third-order valence-corrected chi connectivity index (χ3v) is 2.13. The zero-order valence-corrected chi connectivity index (χ0v) is 7.71. The summed E-state index contributed by atoms with van der Waals surface area (Å²) >= 11 is 1.98. The van der Waals surface area contributed by atoms with Crippen molar-refractivity contribution in [1.82, 2.24) is 5.32 Å². The molecule has 0 saturated carbocycles. The molecule has 60 valence electrons. The van der Waals surface area contributed by atoms with Gasteiger partial charge in [-0.3, -0.25) is 0 Å². The van der Waals surface area contributed by atoms with Crippen molar-refractivity contribution >= 4 is 11.8 Å². The normalized spacial score (nSPS) is 10.3. The van der Waals surface area contributed by atoms with E-state index in [1.54, 1.807) is 0 Å². The minimum Gasteiger partial charge on any atom is -0.312 e. The summed E-state index contributed by atoms with van der Waals surface area (Å²) in [6, 6.07) is 0. The summed E-state index contributed by atoms with van der Waals surface area (Å²) < 4.78 is 0. The lowest BCUT2D eigenvalue weighted by Crippen LogP contribution is -2.17. The van der Waals surface area contributed by atoms with E-state index in [2.05, 4.69) is 25.7 Å². The second-order valence-corrected chi connectivity index (χ2v) is 4.10. The molecule has 2 heteroatoms. The van der Waals surface area contributed by atoms with E-state index in [0.717, 1.165) is 18.3 Å². The molecule has 0 aliphatic carbocycles. The van der Waals surface area contributed by atoms with Gasteiger partial charge in [-0.1, -0.05) is 19.9 Å². The molecule has 0 unspecified atom stereocenters. The number of nitrogens with one attached hydrogen (secondary N) is 1. The molecule has 0 bridgehead atoms. The van der Waals surface area contributed by atoms with Crippen LogP contribution in [0.15, 0.2) is 12.7 Å². The molecule has 0 heterocycles. The van der Waals surface area contributed by atoms with Crippen molar-refractivity contribution in [2.24, 2.45) is 0 Å². The van der Waals surface area contributed by atoms with Gasteiger partial charge in [-0.15, -0.1) is 6.58 Å². The van der Waals surface area contributed by atoms with Crippen LogP contribution in [0.2, 0.25) is 0 Å². The smallest absolute Gasteiger partial charge is 0.0132 e. The van der Waals surface area contributed by atoms with Crippen LogP contribution in [0.25, 0.3) is 0 Å². The highest BCUT2D eigenvalue weighted by Crippen LogP contribution is 2.06. The van der Waals surface area contributed by atoms with Crippen LogP contribution in [0, 0.1) is 0 Å². The maximum Gasteiger partial charge on any atom is 0.0132 e. The first kappa shape index (κ1) is 10.0. The Labute approximate surface area is 68.3 Å². The first-order chi connectivity index (χ1) is 4.77. The third-order valence-electron chi connectivity index (χ3n) is 1.02. The topological polar surface area (TPSA) is 12.0 Å². The van der Waals surface area contributed by atoms with Crippen LogP contribution in [0.5, 0.6) is 0 Å². The van der Waals surface area contributed by atoms with Gasteiger partial charge in [-0.2, -0.15) is 11.8 Å². The maximum absolute atomic E-state index is 3.62. The minimum atomic E-state index is 0.755. The highest BCUT2D eigenvalue weighted by Gasteiger charge is 1.91. The van der Waals surface area contributed by atoms with Crippen LogP contribution in [-0.4, -0.2) is 24.1 Å². The summed E-state index contributed by atoms with van der Waals surface area (Å²) in [4.78, 5) is 0. The van der Waals surface area contributed by atoms with Gasteiger partial charge >= 0.3 is 0 Å². The maximum atomic E-state index is 3.62. The van der Waals surface area contributed by atoms with Crippen molar-refractivity contribution in [2.45, 2.75) is 19.1 Å². The molecule has 0 aliphatic heterocycles. The Morgan fingerprint density at radius 1 is 1.60 bits per heavy atom. The Morgan fingerprint density at radius 2 is 2.30 bits per heavy atom. The van der Waals surface area contributed by atoms with E-state index >= 15 is 0 Å². The first-order valence-corrected chi connectivity index (χ1v) is 4.75. The molecule has 10 heavy (non-hydrogen) atoms. The van der Waals surface area contributed by atoms with Gasteiger partial charge in [0, 0.05) is 18.8 Å². The lowest BCUT2D eigenvalue weighted by molar-refractivity contribution is 0.806. The van der Waals surface area contributed by atoms with Crippen molar-refractivity contribution in [2.75, 3.05) is 18.8 Å². The Bertz CT molecular complexity index is 81.3. The second kappa shape index (κ2) is 7.16. The number of thioether (sulfide) groups is 1. The third kappa shape index (κ3) is 8.05. The predicted molar refractivity (Wildman–Crippen MR) is 50.7 cm³/mol. The second-order valence-electron chi connectivity index (χ2n) is 2.41. The molecule has 0 aromatic heterocycles. The van der Waals surface area contributed by atoms with Gasteiger partial charge in [0.05, 0.1) is 0 Å². The zero-order chi connectivity index (χ0) is 7.82. The highest BCUT2D eigenvalue weighted by atomic mass is 32.2. The Hall–Kier alpha value is 0.0500. The van der Waals surface area contributed by atoms with E-state index < -0.39 is 0 Å². The first-order valence-electron chi connectivity index (χ1n) is 3.70. The fourth-order valence-electron chi connectivity index (χ4n) is 0.571. The molecule has 1 N–H and O–H groups in total. The molecule has 0 aromatic carbocycles. The van der Waals surface area contributed by atoms with E-state index in [-0.39, 0.29) is 0 Å². The number of hydrogen-bond acceptors (Lipinski definition) is 2. The fraction of sp³-hybridized carbons (Fsp3) is 0.750. The van der Waals surface area contributed by atoms with E-state index in [9.17, 15) is 0 Å². The lowest BCUT2D eigenvalue weighted by atomic mass is 10.6.